The van der Waals surface area contributed by atoms with Crippen molar-refractivity contribution in [3.63, 3.8) is 0 Å². The summed E-state index contributed by atoms with van der Waals surface area (Å²) in [6, 6.07) is 3.46. The number of allylic oxidation sites excluding steroid dienone is 1. The van der Waals surface area contributed by atoms with Gasteiger partial charge >= 0.3 is 0 Å². The molecule has 1 aromatic carbocycles. The maximum Gasteiger partial charge on any atom is 0.120 e. The first-order chi connectivity index (χ1) is 5.66. The first kappa shape index (κ1) is 9.81. The summed E-state index contributed by atoms with van der Waals surface area (Å²) in [6.07, 6.45) is 2.41. The summed E-state index contributed by atoms with van der Waals surface area (Å²) in [7, 11) is 0. The topological polar surface area (TPSA) is 20.2 Å². The van der Waals surface area contributed by atoms with Crippen LogP contribution >= 0.6 is 31.9 Å². The van der Waals surface area contributed by atoms with Gasteiger partial charge in [-0.3, -0.25) is 0 Å². The molecule has 0 aliphatic heterocycles. The second-order valence-electron chi connectivity index (χ2n) is 2.35. The predicted octanol–water partition coefficient (Wildman–Crippen LogP) is 3.65. The molecule has 1 rings (SSSR count). The summed E-state index contributed by atoms with van der Waals surface area (Å²) in [5.74, 6) is 0.296. The maximum atomic E-state index is 9.45. The van der Waals surface area contributed by atoms with Crippen LogP contribution in [0.3, 0.4) is 0 Å². The van der Waals surface area contributed by atoms with E-state index in [1.54, 1.807) is 18.2 Å². The molecule has 0 aliphatic rings. The van der Waals surface area contributed by atoms with E-state index in [4.69, 9.17) is 0 Å². The van der Waals surface area contributed by atoms with E-state index in [1.807, 2.05) is 0 Å². The van der Waals surface area contributed by atoms with E-state index in [-0.39, 0.29) is 0 Å². The van der Waals surface area contributed by atoms with Gasteiger partial charge in [0.2, 0.25) is 0 Å². The molecule has 0 heterocycles. The highest BCUT2D eigenvalue weighted by Crippen LogP contribution is 2.33. The standard InChI is InChI=1S/C9H8Br2O/c1-2-3-6-8(12)5-4-7(10)9(6)11/h2,4-5,12H,1,3H2. The van der Waals surface area contributed by atoms with Crippen LogP contribution in [-0.4, -0.2) is 5.11 Å². The van der Waals surface area contributed by atoms with Gasteiger partial charge in [-0.2, -0.15) is 0 Å². The van der Waals surface area contributed by atoms with Crippen molar-refractivity contribution in [1.82, 2.24) is 0 Å². The van der Waals surface area contributed by atoms with Gasteiger partial charge in [-0.05, 0) is 50.4 Å². The molecule has 1 N–H and O–H groups in total. The molecule has 0 aromatic heterocycles. The number of rotatable bonds is 2. The van der Waals surface area contributed by atoms with Crippen LogP contribution in [0, 0.1) is 0 Å². The summed E-state index contributed by atoms with van der Waals surface area (Å²) in [5, 5.41) is 9.45. The van der Waals surface area contributed by atoms with Crippen LogP contribution in [0.25, 0.3) is 0 Å². The minimum atomic E-state index is 0.296. The van der Waals surface area contributed by atoms with Gasteiger partial charge in [0.25, 0.3) is 0 Å². The lowest BCUT2D eigenvalue weighted by molar-refractivity contribution is 0.469. The smallest absolute Gasteiger partial charge is 0.120 e. The van der Waals surface area contributed by atoms with Crippen LogP contribution in [-0.2, 0) is 6.42 Å². The van der Waals surface area contributed by atoms with Crippen molar-refractivity contribution in [3.8, 4) is 5.75 Å². The molecule has 0 unspecified atom stereocenters. The lowest BCUT2D eigenvalue weighted by Crippen LogP contribution is -1.85. The fourth-order valence-electron chi connectivity index (χ4n) is 0.921. The zero-order valence-corrected chi connectivity index (χ0v) is 9.52. The number of phenolic OH excluding ortho intramolecular Hbond substituents is 1. The Bertz CT molecular complexity index is 308. The molecule has 1 nitrogen and oxygen atoms in total. The summed E-state index contributed by atoms with van der Waals surface area (Å²) in [6.45, 7) is 3.62. The fraction of sp³-hybridized carbons (Fsp3) is 0.111. The van der Waals surface area contributed by atoms with Crippen molar-refractivity contribution in [1.29, 1.82) is 0 Å². The van der Waals surface area contributed by atoms with Crippen LogP contribution in [0.1, 0.15) is 5.56 Å². The Kier molecular flexibility index (Phi) is 3.35. The molecule has 0 bridgehead atoms. The average molecular weight is 292 g/mol. The quantitative estimate of drug-likeness (QED) is 0.825. The van der Waals surface area contributed by atoms with Gasteiger partial charge in [-0.1, -0.05) is 6.08 Å². The SMILES string of the molecule is C=CCc1c(O)ccc(Br)c1Br. The van der Waals surface area contributed by atoms with Crippen LogP contribution in [0.4, 0.5) is 0 Å². The fourth-order valence-corrected chi connectivity index (χ4v) is 1.79. The molecular weight excluding hydrogens is 284 g/mol. The van der Waals surface area contributed by atoms with E-state index in [1.165, 1.54) is 0 Å². The second kappa shape index (κ2) is 4.10. The molecule has 0 atom stereocenters. The van der Waals surface area contributed by atoms with Gasteiger partial charge in [0.05, 0.1) is 0 Å². The molecule has 0 saturated carbocycles. The normalized spacial score (nSPS) is 9.83. The number of aromatic hydroxyl groups is 1. The number of benzene rings is 1. The first-order valence-electron chi connectivity index (χ1n) is 3.43. The molecule has 0 amide bonds. The molecule has 1 aromatic rings. The summed E-state index contributed by atoms with van der Waals surface area (Å²) in [5.41, 5.74) is 0.861. The Morgan fingerprint density at radius 3 is 2.67 bits per heavy atom. The highest BCUT2D eigenvalue weighted by molar-refractivity contribution is 9.13. The highest BCUT2D eigenvalue weighted by atomic mass is 79.9. The third-order valence-corrected chi connectivity index (χ3v) is 3.62. The molecule has 0 saturated heterocycles. The maximum absolute atomic E-state index is 9.45. The van der Waals surface area contributed by atoms with Gasteiger partial charge in [0, 0.05) is 14.5 Å². The first-order valence-corrected chi connectivity index (χ1v) is 5.02. The van der Waals surface area contributed by atoms with Crippen molar-refractivity contribution < 1.29 is 5.11 Å². The zero-order chi connectivity index (χ0) is 9.14. The molecule has 3 heteroatoms. The monoisotopic (exact) mass is 290 g/mol. The largest absolute Gasteiger partial charge is 0.508 e. The van der Waals surface area contributed by atoms with Crippen molar-refractivity contribution in [2.24, 2.45) is 0 Å². The average Bonchev–Trinajstić information content (AvgIpc) is 2.06. The van der Waals surface area contributed by atoms with Crippen molar-refractivity contribution in [2.75, 3.05) is 0 Å². The number of phenols is 1. The number of halogens is 2. The van der Waals surface area contributed by atoms with Crippen LogP contribution in [0.15, 0.2) is 33.7 Å². The predicted molar refractivity (Wildman–Crippen MR) is 57.4 cm³/mol. The van der Waals surface area contributed by atoms with Gasteiger partial charge in [0.15, 0.2) is 0 Å². The molecule has 0 radical (unpaired) electrons. The Labute approximate surface area is 88.4 Å². The van der Waals surface area contributed by atoms with Crippen molar-refractivity contribution >= 4 is 31.9 Å². The summed E-state index contributed by atoms with van der Waals surface area (Å²) < 4.78 is 1.83. The highest BCUT2D eigenvalue weighted by Gasteiger charge is 2.06. The third-order valence-electron chi connectivity index (χ3n) is 1.52. The molecule has 0 spiro atoms. The van der Waals surface area contributed by atoms with Crippen molar-refractivity contribution in [3.05, 3.63) is 39.3 Å². The minimum absolute atomic E-state index is 0.296. The molecule has 0 aliphatic carbocycles. The van der Waals surface area contributed by atoms with E-state index < -0.39 is 0 Å². The lowest BCUT2D eigenvalue weighted by Gasteiger charge is -2.05. The van der Waals surface area contributed by atoms with Crippen LogP contribution in [0.5, 0.6) is 5.75 Å². The van der Waals surface area contributed by atoms with E-state index in [9.17, 15) is 5.11 Å². The molecular formula is C9H8Br2O. The second-order valence-corrected chi connectivity index (χ2v) is 4.00. The Morgan fingerprint density at radius 1 is 1.42 bits per heavy atom. The molecule has 0 fully saturated rings. The van der Waals surface area contributed by atoms with Gasteiger partial charge < -0.3 is 5.11 Å². The number of hydrogen-bond acceptors (Lipinski definition) is 1. The number of hydrogen-bond donors (Lipinski definition) is 1. The van der Waals surface area contributed by atoms with E-state index >= 15 is 0 Å². The van der Waals surface area contributed by atoms with Crippen LogP contribution in [0.2, 0.25) is 0 Å². The minimum Gasteiger partial charge on any atom is -0.508 e. The lowest BCUT2D eigenvalue weighted by atomic mass is 10.1. The van der Waals surface area contributed by atoms with Gasteiger partial charge in [-0.25, -0.2) is 0 Å². The van der Waals surface area contributed by atoms with E-state index in [0.717, 1.165) is 14.5 Å². The molecule has 12 heavy (non-hydrogen) atoms. The Hall–Kier alpha value is -0.280. The Morgan fingerprint density at radius 2 is 2.08 bits per heavy atom. The Balaban J connectivity index is 3.22. The van der Waals surface area contributed by atoms with Crippen molar-refractivity contribution in [2.45, 2.75) is 6.42 Å². The third kappa shape index (κ3) is 1.90. The van der Waals surface area contributed by atoms with Gasteiger partial charge in [-0.15, -0.1) is 6.58 Å². The molecule has 64 valence electrons. The van der Waals surface area contributed by atoms with E-state index in [0.29, 0.717) is 12.2 Å². The summed E-state index contributed by atoms with van der Waals surface area (Å²) >= 11 is 6.74. The van der Waals surface area contributed by atoms with Crippen LogP contribution < -0.4 is 0 Å². The summed E-state index contributed by atoms with van der Waals surface area (Å²) in [4.78, 5) is 0. The van der Waals surface area contributed by atoms with E-state index in [2.05, 4.69) is 38.4 Å². The zero-order valence-electron chi connectivity index (χ0n) is 6.35. The van der Waals surface area contributed by atoms with Gasteiger partial charge in [0.1, 0.15) is 5.75 Å².